The number of nitrogens with one attached hydrogen (secondary N) is 1. The monoisotopic (exact) mass is 230 g/mol. The van der Waals surface area contributed by atoms with Crippen molar-refractivity contribution in [2.24, 2.45) is 0 Å². The van der Waals surface area contributed by atoms with Gasteiger partial charge in [-0.15, -0.1) is 11.6 Å². The summed E-state index contributed by atoms with van der Waals surface area (Å²) in [5, 5.41) is 2.50. The molecule has 0 aliphatic carbocycles. The van der Waals surface area contributed by atoms with E-state index in [0.717, 1.165) is 0 Å². The Bertz CT molecular complexity index is 357. The zero-order valence-electron chi connectivity index (χ0n) is 8.41. The molecule has 0 radical (unpaired) electrons. The number of rotatable bonds is 4. The molecule has 0 atom stereocenters. The fraction of sp³-hybridized carbons (Fsp3) is 0.333. The van der Waals surface area contributed by atoms with Crippen molar-refractivity contribution in [1.82, 2.24) is 4.98 Å². The molecule has 1 heterocycles. The molecule has 1 aromatic rings. The number of aromatic nitrogens is 1. The van der Waals surface area contributed by atoms with Crippen molar-refractivity contribution in [2.75, 3.05) is 25.4 Å². The van der Waals surface area contributed by atoms with Crippen LogP contribution in [0, 0.1) is 0 Å². The van der Waals surface area contributed by atoms with Crippen molar-refractivity contribution in [3.63, 3.8) is 0 Å². The largest absolute Gasteiger partial charge is 0.493 e. The van der Waals surface area contributed by atoms with Gasteiger partial charge in [0.15, 0.2) is 11.5 Å². The lowest BCUT2D eigenvalue weighted by atomic mass is 10.4. The number of pyridine rings is 1. The van der Waals surface area contributed by atoms with Crippen LogP contribution in [0.2, 0.25) is 0 Å². The molecule has 6 heteroatoms. The van der Waals surface area contributed by atoms with Gasteiger partial charge in [0.05, 0.1) is 20.4 Å². The second-order valence-corrected chi connectivity index (χ2v) is 2.87. The Morgan fingerprint density at radius 1 is 1.47 bits per heavy atom. The van der Waals surface area contributed by atoms with Crippen LogP contribution in [-0.4, -0.2) is 31.0 Å². The second-order valence-electron chi connectivity index (χ2n) is 2.61. The van der Waals surface area contributed by atoms with Crippen LogP contribution in [0.25, 0.3) is 0 Å². The number of hydrogen-bond donors (Lipinski definition) is 1. The highest BCUT2D eigenvalue weighted by Gasteiger charge is 2.07. The van der Waals surface area contributed by atoms with Gasteiger partial charge in [-0.05, 0) is 0 Å². The quantitative estimate of drug-likeness (QED) is 0.792. The molecule has 0 spiro atoms. The van der Waals surface area contributed by atoms with E-state index in [1.54, 1.807) is 6.07 Å². The number of carbonyl (C=O) groups excluding carboxylic acids is 1. The van der Waals surface area contributed by atoms with Gasteiger partial charge < -0.3 is 14.8 Å². The van der Waals surface area contributed by atoms with E-state index in [2.05, 4.69) is 10.3 Å². The predicted molar refractivity (Wildman–Crippen MR) is 56.7 cm³/mol. The Kier molecular flexibility index (Phi) is 4.17. The van der Waals surface area contributed by atoms with Gasteiger partial charge in [0.1, 0.15) is 11.7 Å². The summed E-state index contributed by atoms with van der Waals surface area (Å²) in [6, 6.07) is 1.56. The lowest BCUT2D eigenvalue weighted by Crippen LogP contribution is -2.13. The number of anilines is 1. The number of nitrogens with zero attached hydrogens (tertiary/aromatic N) is 1. The number of hydrogen-bond acceptors (Lipinski definition) is 4. The van der Waals surface area contributed by atoms with Gasteiger partial charge in [-0.25, -0.2) is 4.98 Å². The van der Waals surface area contributed by atoms with E-state index < -0.39 is 0 Å². The fourth-order valence-electron chi connectivity index (χ4n) is 0.982. The average molecular weight is 231 g/mol. The van der Waals surface area contributed by atoms with Crippen LogP contribution < -0.4 is 14.8 Å². The Hall–Kier alpha value is -1.49. The van der Waals surface area contributed by atoms with E-state index >= 15 is 0 Å². The molecule has 1 aromatic heterocycles. The third-order valence-corrected chi connectivity index (χ3v) is 1.90. The standard InChI is InChI=1S/C9H11ClN2O3/c1-14-6-3-8(12-9(13)4-10)11-5-7(6)15-2/h3,5H,4H2,1-2H3,(H,11,12,13). The minimum absolute atomic E-state index is 0.115. The first-order chi connectivity index (χ1) is 7.21. The van der Waals surface area contributed by atoms with Crippen LogP contribution in [0.1, 0.15) is 0 Å². The Balaban J connectivity index is 2.88. The van der Waals surface area contributed by atoms with Crippen LogP contribution in [-0.2, 0) is 4.79 Å². The summed E-state index contributed by atoms with van der Waals surface area (Å²) in [6.45, 7) is 0. The van der Waals surface area contributed by atoms with E-state index in [-0.39, 0.29) is 11.8 Å². The zero-order valence-corrected chi connectivity index (χ0v) is 9.17. The highest BCUT2D eigenvalue weighted by molar-refractivity contribution is 6.29. The molecule has 15 heavy (non-hydrogen) atoms. The summed E-state index contributed by atoms with van der Waals surface area (Å²) < 4.78 is 10.0. The van der Waals surface area contributed by atoms with Crippen molar-refractivity contribution in [1.29, 1.82) is 0 Å². The minimum Gasteiger partial charge on any atom is -0.493 e. The smallest absolute Gasteiger partial charge is 0.240 e. The van der Waals surface area contributed by atoms with Crippen LogP contribution >= 0.6 is 11.6 Å². The number of amides is 1. The van der Waals surface area contributed by atoms with Gasteiger partial charge in [0.2, 0.25) is 5.91 Å². The second kappa shape index (κ2) is 5.41. The molecular formula is C9H11ClN2O3. The molecule has 0 aromatic carbocycles. The lowest BCUT2D eigenvalue weighted by Gasteiger charge is -2.08. The number of methoxy groups -OCH3 is 2. The van der Waals surface area contributed by atoms with Gasteiger partial charge in [-0.2, -0.15) is 0 Å². The van der Waals surface area contributed by atoms with E-state index in [4.69, 9.17) is 21.1 Å². The molecule has 1 N–H and O–H groups in total. The highest BCUT2D eigenvalue weighted by atomic mass is 35.5. The molecule has 5 nitrogen and oxygen atoms in total. The molecule has 0 saturated heterocycles. The summed E-state index contributed by atoms with van der Waals surface area (Å²) >= 11 is 5.34. The molecule has 1 amide bonds. The van der Waals surface area contributed by atoms with Gasteiger partial charge >= 0.3 is 0 Å². The molecule has 1 rings (SSSR count). The maximum absolute atomic E-state index is 11.0. The van der Waals surface area contributed by atoms with Crippen molar-refractivity contribution in [2.45, 2.75) is 0 Å². The van der Waals surface area contributed by atoms with Gasteiger partial charge in [-0.3, -0.25) is 4.79 Å². The van der Waals surface area contributed by atoms with E-state index in [0.29, 0.717) is 17.3 Å². The summed E-state index contributed by atoms with van der Waals surface area (Å²) in [5.74, 6) is 0.934. The van der Waals surface area contributed by atoms with Crippen LogP contribution in [0.4, 0.5) is 5.82 Å². The number of alkyl halides is 1. The number of ether oxygens (including phenoxy) is 2. The van der Waals surface area contributed by atoms with Gasteiger partial charge in [0.25, 0.3) is 0 Å². The predicted octanol–water partition coefficient (Wildman–Crippen LogP) is 1.28. The first-order valence-corrected chi connectivity index (χ1v) is 4.68. The summed E-state index contributed by atoms with van der Waals surface area (Å²) in [4.78, 5) is 14.9. The zero-order chi connectivity index (χ0) is 11.3. The topological polar surface area (TPSA) is 60.5 Å². The maximum atomic E-state index is 11.0. The average Bonchev–Trinajstić information content (AvgIpc) is 2.28. The summed E-state index contributed by atoms with van der Waals surface area (Å²) in [7, 11) is 3.02. The van der Waals surface area contributed by atoms with Crippen molar-refractivity contribution in [3.05, 3.63) is 12.3 Å². The highest BCUT2D eigenvalue weighted by Crippen LogP contribution is 2.27. The van der Waals surface area contributed by atoms with E-state index in [9.17, 15) is 4.79 Å². The maximum Gasteiger partial charge on any atom is 0.240 e. The third kappa shape index (κ3) is 2.99. The molecule has 0 bridgehead atoms. The van der Waals surface area contributed by atoms with Crippen LogP contribution in [0.15, 0.2) is 12.3 Å². The third-order valence-electron chi connectivity index (χ3n) is 1.66. The number of halogens is 1. The van der Waals surface area contributed by atoms with E-state index in [1.807, 2.05) is 0 Å². The van der Waals surface area contributed by atoms with Gasteiger partial charge in [0, 0.05) is 6.07 Å². The molecule has 0 aliphatic rings. The van der Waals surface area contributed by atoms with Crippen LogP contribution in [0.5, 0.6) is 11.5 Å². The Morgan fingerprint density at radius 2 is 2.13 bits per heavy atom. The lowest BCUT2D eigenvalue weighted by molar-refractivity contribution is -0.113. The Labute approximate surface area is 92.4 Å². The SMILES string of the molecule is COc1cnc(NC(=O)CCl)cc1OC. The normalized spacial score (nSPS) is 9.53. The number of carbonyl (C=O) groups is 1. The fourth-order valence-corrected chi connectivity index (χ4v) is 1.05. The van der Waals surface area contributed by atoms with Crippen molar-refractivity contribution >= 4 is 23.3 Å². The molecule has 0 fully saturated rings. The van der Waals surface area contributed by atoms with Crippen molar-refractivity contribution < 1.29 is 14.3 Å². The molecular weight excluding hydrogens is 220 g/mol. The Morgan fingerprint density at radius 3 is 2.67 bits per heavy atom. The first kappa shape index (κ1) is 11.6. The molecule has 0 saturated carbocycles. The van der Waals surface area contributed by atoms with Gasteiger partial charge in [-0.1, -0.05) is 0 Å². The first-order valence-electron chi connectivity index (χ1n) is 4.15. The molecule has 82 valence electrons. The van der Waals surface area contributed by atoms with Crippen LogP contribution in [0.3, 0.4) is 0 Å². The minimum atomic E-state index is -0.323. The van der Waals surface area contributed by atoms with E-state index in [1.165, 1.54) is 20.4 Å². The molecule has 0 unspecified atom stereocenters. The summed E-state index contributed by atoms with van der Waals surface area (Å²) in [6.07, 6.45) is 1.46. The summed E-state index contributed by atoms with van der Waals surface area (Å²) in [5.41, 5.74) is 0. The van der Waals surface area contributed by atoms with Crippen molar-refractivity contribution in [3.8, 4) is 11.5 Å². The molecule has 0 aliphatic heterocycles.